The fourth-order valence-electron chi connectivity index (χ4n) is 3.63. The average molecular weight is 429 g/mol. The van der Waals surface area contributed by atoms with Crippen LogP contribution in [0.25, 0.3) is 0 Å². The average Bonchev–Trinajstić information content (AvgIpc) is 3.10. The zero-order valence-electron chi connectivity index (χ0n) is 19.2. The summed E-state index contributed by atoms with van der Waals surface area (Å²) in [6.07, 6.45) is 3.88. The Morgan fingerprint density at radius 1 is 1.23 bits per heavy atom. The van der Waals surface area contributed by atoms with Crippen molar-refractivity contribution in [3.63, 3.8) is 0 Å². The van der Waals surface area contributed by atoms with Gasteiger partial charge in [-0.1, -0.05) is 26.0 Å². The Morgan fingerprint density at radius 2 is 2.00 bits per heavy atom. The normalized spacial score (nSPS) is 14.9. The molecule has 3 rings (SSSR count). The molecule has 0 saturated carbocycles. The predicted molar refractivity (Wildman–Crippen MR) is 124 cm³/mol. The van der Waals surface area contributed by atoms with Gasteiger partial charge in [0, 0.05) is 33.1 Å². The maximum Gasteiger partial charge on any atom is 0.345 e. The molecule has 2 N–H and O–H groups in total. The minimum absolute atomic E-state index is 0.0200. The highest BCUT2D eigenvalue weighted by Crippen LogP contribution is 2.18. The minimum atomic E-state index is 0.0200. The van der Waals surface area contributed by atoms with Crippen LogP contribution in [0.1, 0.15) is 57.5 Å². The lowest BCUT2D eigenvalue weighted by atomic mass is 10.1. The predicted octanol–water partition coefficient (Wildman–Crippen LogP) is 2.73. The summed E-state index contributed by atoms with van der Waals surface area (Å²) in [7, 11) is 1.76. The first-order valence-electron chi connectivity index (χ1n) is 11.3. The monoisotopic (exact) mass is 428 g/mol. The molecule has 0 aliphatic carbocycles. The second kappa shape index (κ2) is 11.0. The topological polar surface area (TPSA) is 85.5 Å². The molecule has 0 bridgehead atoms. The number of nitrogens with one attached hydrogen (secondary N) is 2. The van der Waals surface area contributed by atoms with E-state index in [1.165, 1.54) is 0 Å². The van der Waals surface area contributed by atoms with Crippen molar-refractivity contribution < 1.29 is 4.74 Å². The lowest BCUT2D eigenvalue weighted by Gasteiger charge is -2.19. The number of ether oxygens (including phenoxy) is 1. The molecule has 8 heteroatoms. The van der Waals surface area contributed by atoms with E-state index in [0.29, 0.717) is 19.0 Å². The fraction of sp³-hybridized carbons (Fsp3) is 0.609. The van der Waals surface area contributed by atoms with Crippen LogP contribution in [0.4, 0.5) is 0 Å². The zero-order chi connectivity index (χ0) is 22.2. The molecule has 31 heavy (non-hydrogen) atoms. The number of fused-ring (bicyclic) bond motifs is 1. The van der Waals surface area contributed by atoms with E-state index in [0.717, 1.165) is 61.9 Å². The minimum Gasteiger partial charge on any atom is -0.493 e. The number of benzene rings is 1. The van der Waals surface area contributed by atoms with Crippen LogP contribution >= 0.6 is 0 Å². The Balaban J connectivity index is 1.44. The summed E-state index contributed by atoms with van der Waals surface area (Å²) >= 11 is 0. The van der Waals surface area contributed by atoms with Crippen LogP contribution in [-0.2, 0) is 19.5 Å². The Kier molecular flexibility index (Phi) is 8.14. The number of hydrogen-bond acceptors (Lipinski definition) is 4. The molecule has 1 aromatic carbocycles. The lowest BCUT2D eigenvalue weighted by Crippen LogP contribution is -2.39. The number of guanidine groups is 1. The lowest BCUT2D eigenvalue weighted by molar-refractivity contribution is 0.271. The molecule has 1 unspecified atom stereocenters. The Hall–Kier alpha value is -2.77. The molecular weight excluding hydrogens is 392 g/mol. The van der Waals surface area contributed by atoms with Gasteiger partial charge in [-0.15, -0.1) is 0 Å². The molecule has 1 atom stereocenters. The summed E-state index contributed by atoms with van der Waals surface area (Å²) in [6, 6.07) is 8.27. The Morgan fingerprint density at radius 3 is 2.68 bits per heavy atom. The summed E-state index contributed by atoms with van der Waals surface area (Å²) in [5.41, 5.74) is 1.18. The van der Waals surface area contributed by atoms with E-state index in [-0.39, 0.29) is 11.7 Å². The maximum absolute atomic E-state index is 12.4. The van der Waals surface area contributed by atoms with Crippen LogP contribution in [0.2, 0.25) is 0 Å². The van der Waals surface area contributed by atoms with Crippen molar-refractivity contribution in [3.05, 3.63) is 46.1 Å². The SMILES string of the molecule is CN=C(NCCCn1nc2n(c1=O)CCCC2)NC(C)c1ccc(OCC(C)C)cc1. The maximum atomic E-state index is 12.4. The van der Waals surface area contributed by atoms with Gasteiger partial charge in [-0.2, -0.15) is 5.10 Å². The highest BCUT2D eigenvalue weighted by molar-refractivity contribution is 5.80. The zero-order valence-corrected chi connectivity index (χ0v) is 19.2. The number of aliphatic imine (C=N–C) groups is 1. The summed E-state index contributed by atoms with van der Waals surface area (Å²) < 4.78 is 9.17. The number of aryl methyl sites for hydroxylation is 2. The van der Waals surface area contributed by atoms with E-state index in [2.05, 4.69) is 53.6 Å². The smallest absolute Gasteiger partial charge is 0.345 e. The first-order chi connectivity index (χ1) is 15.0. The number of nitrogens with zero attached hydrogens (tertiary/aromatic N) is 4. The first-order valence-corrected chi connectivity index (χ1v) is 11.3. The van der Waals surface area contributed by atoms with E-state index in [4.69, 9.17) is 4.74 Å². The summed E-state index contributed by atoms with van der Waals surface area (Å²) in [5.74, 6) is 3.07. The molecule has 0 radical (unpaired) electrons. The molecule has 2 aromatic rings. The summed E-state index contributed by atoms with van der Waals surface area (Å²) in [6.45, 7) is 9.22. The standard InChI is InChI=1S/C23H36N6O2/c1-17(2)16-31-20-11-9-19(10-12-20)18(3)26-22(24-4)25-13-7-15-29-23(30)28-14-6-5-8-21(28)27-29/h9-12,17-18H,5-8,13-16H2,1-4H3,(H2,24,25,26). The van der Waals surface area contributed by atoms with Crippen molar-refractivity contribution in [2.45, 2.75) is 65.6 Å². The number of aromatic nitrogens is 3. The van der Waals surface area contributed by atoms with Gasteiger partial charge in [0.15, 0.2) is 5.96 Å². The molecule has 2 heterocycles. The molecule has 8 nitrogen and oxygen atoms in total. The van der Waals surface area contributed by atoms with Crippen molar-refractivity contribution in [1.29, 1.82) is 0 Å². The van der Waals surface area contributed by atoms with Crippen molar-refractivity contribution >= 4 is 5.96 Å². The highest BCUT2D eigenvalue weighted by Gasteiger charge is 2.16. The van der Waals surface area contributed by atoms with Crippen molar-refractivity contribution in [1.82, 2.24) is 25.0 Å². The number of rotatable bonds is 9. The van der Waals surface area contributed by atoms with Gasteiger partial charge in [0.2, 0.25) is 0 Å². The summed E-state index contributed by atoms with van der Waals surface area (Å²) in [4.78, 5) is 16.7. The molecule has 0 fully saturated rings. The van der Waals surface area contributed by atoms with Crippen LogP contribution in [0.5, 0.6) is 5.75 Å². The third kappa shape index (κ3) is 6.35. The second-order valence-corrected chi connectivity index (χ2v) is 8.52. The van der Waals surface area contributed by atoms with Gasteiger partial charge in [-0.05, 0) is 49.8 Å². The van der Waals surface area contributed by atoms with E-state index >= 15 is 0 Å². The van der Waals surface area contributed by atoms with E-state index in [1.807, 2.05) is 16.7 Å². The molecular formula is C23H36N6O2. The molecule has 1 aliphatic heterocycles. The molecule has 170 valence electrons. The second-order valence-electron chi connectivity index (χ2n) is 8.52. The Labute approximate surface area is 184 Å². The molecule has 0 amide bonds. The molecule has 0 spiro atoms. The largest absolute Gasteiger partial charge is 0.493 e. The van der Waals surface area contributed by atoms with Gasteiger partial charge in [-0.3, -0.25) is 9.56 Å². The van der Waals surface area contributed by atoms with Crippen LogP contribution in [0.3, 0.4) is 0 Å². The fourth-order valence-corrected chi connectivity index (χ4v) is 3.63. The van der Waals surface area contributed by atoms with Gasteiger partial charge >= 0.3 is 5.69 Å². The Bertz CT molecular complexity index is 913. The van der Waals surface area contributed by atoms with Gasteiger partial charge in [0.05, 0.1) is 12.6 Å². The molecule has 1 aromatic heterocycles. The number of hydrogen-bond donors (Lipinski definition) is 2. The van der Waals surface area contributed by atoms with E-state index in [9.17, 15) is 4.79 Å². The third-order valence-electron chi connectivity index (χ3n) is 5.41. The highest BCUT2D eigenvalue weighted by atomic mass is 16.5. The van der Waals surface area contributed by atoms with Crippen molar-refractivity contribution in [2.75, 3.05) is 20.2 Å². The third-order valence-corrected chi connectivity index (χ3v) is 5.41. The van der Waals surface area contributed by atoms with Gasteiger partial charge in [-0.25, -0.2) is 9.48 Å². The summed E-state index contributed by atoms with van der Waals surface area (Å²) in [5, 5.41) is 11.2. The van der Waals surface area contributed by atoms with Gasteiger partial charge in [0.1, 0.15) is 11.6 Å². The van der Waals surface area contributed by atoms with Crippen LogP contribution in [0, 0.1) is 5.92 Å². The van der Waals surface area contributed by atoms with Crippen molar-refractivity contribution in [3.8, 4) is 5.75 Å². The quantitative estimate of drug-likeness (QED) is 0.364. The van der Waals surface area contributed by atoms with Gasteiger partial charge in [0.25, 0.3) is 0 Å². The van der Waals surface area contributed by atoms with Gasteiger partial charge < -0.3 is 15.4 Å². The molecule has 1 aliphatic rings. The molecule has 0 saturated heterocycles. The van der Waals surface area contributed by atoms with E-state index < -0.39 is 0 Å². The van der Waals surface area contributed by atoms with Crippen molar-refractivity contribution in [2.24, 2.45) is 10.9 Å². The van der Waals surface area contributed by atoms with E-state index in [1.54, 1.807) is 11.7 Å². The first kappa shape index (κ1) is 22.9. The van der Waals surface area contributed by atoms with Crippen LogP contribution in [-0.4, -0.2) is 40.5 Å². The van der Waals surface area contributed by atoms with Crippen LogP contribution < -0.4 is 21.1 Å². The van der Waals surface area contributed by atoms with Crippen LogP contribution in [0.15, 0.2) is 34.1 Å².